The Morgan fingerprint density at radius 2 is 2.12 bits per heavy atom. The minimum atomic E-state index is 0.603. The van der Waals surface area contributed by atoms with Crippen LogP contribution in [-0.4, -0.2) is 11.0 Å². The van der Waals surface area contributed by atoms with Crippen molar-refractivity contribution in [3.05, 3.63) is 18.3 Å². The number of anilines is 2. The molecule has 2 rings (SSSR count). The zero-order chi connectivity index (χ0) is 12.1. The van der Waals surface area contributed by atoms with E-state index in [0.717, 1.165) is 11.6 Å². The third kappa shape index (κ3) is 3.33. The first-order chi connectivity index (χ1) is 8.31. The third-order valence-electron chi connectivity index (χ3n) is 3.70. The second-order valence-electron chi connectivity index (χ2n) is 4.84. The van der Waals surface area contributed by atoms with Crippen LogP contribution in [0.4, 0.5) is 11.5 Å². The fourth-order valence-corrected chi connectivity index (χ4v) is 2.55. The van der Waals surface area contributed by atoms with Crippen LogP contribution in [0.3, 0.4) is 0 Å². The number of rotatable bonds is 4. The van der Waals surface area contributed by atoms with E-state index in [2.05, 4.69) is 22.7 Å². The molecular formula is C13H22N4. The van der Waals surface area contributed by atoms with Crippen molar-refractivity contribution in [2.45, 2.75) is 45.1 Å². The van der Waals surface area contributed by atoms with Crippen LogP contribution in [0.1, 0.15) is 39.0 Å². The first kappa shape index (κ1) is 12.2. The average molecular weight is 234 g/mol. The summed E-state index contributed by atoms with van der Waals surface area (Å²) in [6, 6.07) is 4.55. The smallest absolute Gasteiger partial charge is 0.141 e. The first-order valence-electron chi connectivity index (χ1n) is 6.51. The summed E-state index contributed by atoms with van der Waals surface area (Å²) in [5.74, 6) is 6.99. The molecule has 4 nitrogen and oxygen atoms in total. The topological polar surface area (TPSA) is 63.0 Å². The Labute approximate surface area is 103 Å². The van der Waals surface area contributed by atoms with Gasteiger partial charge in [-0.1, -0.05) is 13.3 Å². The van der Waals surface area contributed by atoms with Crippen molar-refractivity contribution >= 4 is 11.5 Å². The van der Waals surface area contributed by atoms with Gasteiger partial charge in [-0.2, -0.15) is 0 Å². The predicted octanol–water partition coefficient (Wildman–Crippen LogP) is 2.75. The van der Waals surface area contributed by atoms with Crippen LogP contribution < -0.4 is 16.6 Å². The maximum absolute atomic E-state index is 5.35. The summed E-state index contributed by atoms with van der Waals surface area (Å²) in [6.07, 6.45) is 8.33. The standard InChI is InChI=1S/C13H22N4/c1-2-10-3-5-11(6-4-10)16-12-7-8-15-13(9-12)17-14/h7-11H,2-6,14H2,1H3,(H2,15,16,17). The van der Waals surface area contributed by atoms with Gasteiger partial charge in [0.2, 0.25) is 0 Å². The molecular weight excluding hydrogens is 212 g/mol. The number of nitrogens with zero attached hydrogens (tertiary/aromatic N) is 1. The lowest BCUT2D eigenvalue weighted by molar-refractivity contribution is 0.330. The minimum absolute atomic E-state index is 0.603. The van der Waals surface area contributed by atoms with Gasteiger partial charge in [-0.05, 0) is 37.7 Å². The SMILES string of the molecule is CCC1CCC(Nc2ccnc(NN)c2)CC1. The Hall–Kier alpha value is -1.29. The van der Waals surface area contributed by atoms with Crippen molar-refractivity contribution in [3.8, 4) is 0 Å². The number of nitrogen functional groups attached to an aromatic ring is 1. The van der Waals surface area contributed by atoms with E-state index < -0.39 is 0 Å². The molecule has 0 spiro atoms. The van der Waals surface area contributed by atoms with E-state index in [1.165, 1.54) is 32.1 Å². The van der Waals surface area contributed by atoms with E-state index in [1.807, 2.05) is 12.1 Å². The highest BCUT2D eigenvalue weighted by atomic mass is 15.2. The van der Waals surface area contributed by atoms with E-state index in [0.29, 0.717) is 11.9 Å². The Morgan fingerprint density at radius 3 is 2.76 bits per heavy atom. The molecule has 4 N–H and O–H groups in total. The number of hydrogen-bond acceptors (Lipinski definition) is 4. The summed E-state index contributed by atoms with van der Waals surface area (Å²) in [5.41, 5.74) is 3.67. The van der Waals surface area contributed by atoms with Crippen LogP contribution in [0.5, 0.6) is 0 Å². The Kier molecular flexibility index (Phi) is 4.20. The van der Waals surface area contributed by atoms with E-state index in [4.69, 9.17) is 5.84 Å². The van der Waals surface area contributed by atoms with Gasteiger partial charge in [0.05, 0.1) is 0 Å². The summed E-state index contributed by atoms with van der Waals surface area (Å²) in [4.78, 5) is 4.10. The van der Waals surface area contributed by atoms with Gasteiger partial charge in [0.25, 0.3) is 0 Å². The van der Waals surface area contributed by atoms with E-state index in [1.54, 1.807) is 6.20 Å². The van der Waals surface area contributed by atoms with Crippen LogP contribution in [0.15, 0.2) is 18.3 Å². The number of nitrogens with two attached hydrogens (primary N) is 1. The molecule has 0 aromatic carbocycles. The minimum Gasteiger partial charge on any atom is -0.382 e. The molecule has 0 amide bonds. The average Bonchev–Trinajstić information content (AvgIpc) is 2.40. The zero-order valence-corrected chi connectivity index (χ0v) is 10.4. The van der Waals surface area contributed by atoms with E-state index in [-0.39, 0.29) is 0 Å². The number of hydrogen-bond donors (Lipinski definition) is 3. The molecule has 94 valence electrons. The molecule has 1 aromatic heterocycles. The van der Waals surface area contributed by atoms with Gasteiger partial charge in [0.1, 0.15) is 5.82 Å². The van der Waals surface area contributed by atoms with Crippen molar-refractivity contribution in [2.24, 2.45) is 11.8 Å². The lowest BCUT2D eigenvalue weighted by Crippen LogP contribution is -2.26. The zero-order valence-electron chi connectivity index (χ0n) is 10.4. The third-order valence-corrected chi connectivity index (χ3v) is 3.70. The van der Waals surface area contributed by atoms with Gasteiger partial charge in [0, 0.05) is 24.0 Å². The predicted molar refractivity (Wildman–Crippen MR) is 71.7 cm³/mol. The summed E-state index contributed by atoms with van der Waals surface area (Å²) in [7, 11) is 0. The Bertz CT molecular complexity index is 345. The number of nitrogens with one attached hydrogen (secondary N) is 2. The summed E-state index contributed by atoms with van der Waals surface area (Å²) >= 11 is 0. The lowest BCUT2D eigenvalue weighted by atomic mass is 9.84. The second kappa shape index (κ2) is 5.87. The number of pyridine rings is 1. The second-order valence-corrected chi connectivity index (χ2v) is 4.84. The molecule has 0 unspecified atom stereocenters. The molecule has 0 radical (unpaired) electrons. The van der Waals surface area contributed by atoms with Crippen LogP contribution in [-0.2, 0) is 0 Å². The van der Waals surface area contributed by atoms with Crippen molar-refractivity contribution in [2.75, 3.05) is 10.7 Å². The van der Waals surface area contributed by atoms with Crippen LogP contribution in [0, 0.1) is 5.92 Å². The van der Waals surface area contributed by atoms with Crippen LogP contribution in [0.25, 0.3) is 0 Å². The quantitative estimate of drug-likeness (QED) is 0.553. The molecule has 1 aliphatic rings. The maximum Gasteiger partial charge on any atom is 0.141 e. The normalized spacial score (nSPS) is 24.4. The van der Waals surface area contributed by atoms with Crippen molar-refractivity contribution in [1.82, 2.24) is 4.98 Å². The largest absolute Gasteiger partial charge is 0.382 e. The highest BCUT2D eigenvalue weighted by Crippen LogP contribution is 2.28. The molecule has 1 saturated carbocycles. The van der Waals surface area contributed by atoms with Crippen LogP contribution in [0.2, 0.25) is 0 Å². The number of hydrazine groups is 1. The fraction of sp³-hybridized carbons (Fsp3) is 0.615. The molecule has 17 heavy (non-hydrogen) atoms. The maximum atomic E-state index is 5.35. The molecule has 0 bridgehead atoms. The van der Waals surface area contributed by atoms with Crippen molar-refractivity contribution in [1.29, 1.82) is 0 Å². The molecule has 1 heterocycles. The van der Waals surface area contributed by atoms with Gasteiger partial charge < -0.3 is 10.7 Å². The molecule has 0 aliphatic heterocycles. The Morgan fingerprint density at radius 1 is 1.35 bits per heavy atom. The van der Waals surface area contributed by atoms with E-state index >= 15 is 0 Å². The van der Waals surface area contributed by atoms with Gasteiger partial charge >= 0.3 is 0 Å². The molecule has 1 fully saturated rings. The molecule has 1 aromatic rings. The lowest BCUT2D eigenvalue weighted by Gasteiger charge is -2.29. The molecule has 0 atom stereocenters. The van der Waals surface area contributed by atoms with Gasteiger partial charge in [-0.15, -0.1) is 0 Å². The molecule has 0 saturated heterocycles. The first-order valence-corrected chi connectivity index (χ1v) is 6.51. The van der Waals surface area contributed by atoms with Crippen LogP contribution >= 0.6 is 0 Å². The van der Waals surface area contributed by atoms with Gasteiger partial charge in [0.15, 0.2) is 0 Å². The van der Waals surface area contributed by atoms with Gasteiger partial charge in [-0.3, -0.25) is 0 Å². The highest BCUT2D eigenvalue weighted by Gasteiger charge is 2.19. The van der Waals surface area contributed by atoms with E-state index in [9.17, 15) is 0 Å². The summed E-state index contributed by atoms with van der Waals surface area (Å²) in [6.45, 7) is 2.29. The highest BCUT2D eigenvalue weighted by molar-refractivity contribution is 5.51. The Balaban J connectivity index is 1.88. The molecule has 4 heteroatoms. The number of aromatic nitrogens is 1. The van der Waals surface area contributed by atoms with Gasteiger partial charge in [-0.25, -0.2) is 10.8 Å². The summed E-state index contributed by atoms with van der Waals surface area (Å²) < 4.78 is 0. The molecule has 1 aliphatic carbocycles. The fourth-order valence-electron chi connectivity index (χ4n) is 2.55. The monoisotopic (exact) mass is 234 g/mol. The van der Waals surface area contributed by atoms with Crippen molar-refractivity contribution in [3.63, 3.8) is 0 Å². The summed E-state index contributed by atoms with van der Waals surface area (Å²) in [5, 5.41) is 3.56. The van der Waals surface area contributed by atoms with Crippen molar-refractivity contribution < 1.29 is 0 Å².